The van der Waals surface area contributed by atoms with Gasteiger partial charge in [0.15, 0.2) is 0 Å². The highest BCUT2D eigenvalue weighted by Crippen LogP contribution is 2.38. The molecule has 3 heteroatoms. The predicted molar refractivity (Wildman–Crippen MR) is 73.2 cm³/mol. The Morgan fingerprint density at radius 1 is 1.44 bits per heavy atom. The lowest BCUT2D eigenvalue weighted by Crippen LogP contribution is -2.18. The van der Waals surface area contributed by atoms with Crippen molar-refractivity contribution < 1.29 is 9.90 Å². The van der Waals surface area contributed by atoms with Gasteiger partial charge in [0.05, 0.1) is 5.56 Å². The SMILES string of the molecule is Cc1ccc(C(=O)O)cc1NC1CCC(C)(C)C1. The van der Waals surface area contributed by atoms with Crippen molar-refractivity contribution in [3.63, 3.8) is 0 Å². The summed E-state index contributed by atoms with van der Waals surface area (Å²) in [5.74, 6) is -0.871. The van der Waals surface area contributed by atoms with Gasteiger partial charge in [0.1, 0.15) is 0 Å². The van der Waals surface area contributed by atoms with Crippen LogP contribution in [0.3, 0.4) is 0 Å². The molecular formula is C15H21NO2. The fourth-order valence-electron chi connectivity index (χ4n) is 2.69. The molecule has 0 radical (unpaired) electrons. The molecule has 0 bridgehead atoms. The van der Waals surface area contributed by atoms with Gasteiger partial charge in [-0.25, -0.2) is 4.79 Å². The first-order valence-electron chi connectivity index (χ1n) is 6.48. The minimum Gasteiger partial charge on any atom is -0.478 e. The van der Waals surface area contributed by atoms with Crippen molar-refractivity contribution in [3.05, 3.63) is 29.3 Å². The van der Waals surface area contributed by atoms with E-state index in [1.54, 1.807) is 12.1 Å². The van der Waals surface area contributed by atoms with E-state index in [9.17, 15) is 4.79 Å². The van der Waals surface area contributed by atoms with Crippen LogP contribution < -0.4 is 5.32 Å². The van der Waals surface area contributed by atoms with Crippen LogP contribution >= 0.6 is 0 Å². The molecule has 0 heterocycles. The van der Waals surface area contributed by atoms with Gasteiger partial charge in [0, 0.05) is 11.7 Å². The van der Waals surface area contributed by atoms with E-state index in [0.717, 1.165) is 24.1 Å². The fourth-order valence-corrected chi connectivity index (χ4v) is 2.69. The van der Waals surface area contributed by atoms with Crippen molar-refractivity contribution >= 4 is 11.7 Å². The molecule has 0 aliphatic heterocycles. The number of carboxylic acids is 1. The Hall–Kier alpha value is -1.51. The number of nitrogens with one attached hydrogen (secondary N) is 1. The number of hydrogen-bond acceptors (Lipinski definition) is 2. The van der Waals surface area contributed by atoms with Gasteiger partial charge in [-0.15, -0.1) is 0 Å². The van der Waals surface area contributed by atoms with Crippen molar-refractivity contribution in [3.8, 4) is 0 Å². The smallest absolute Gasteiger partial charge is 0.335 e. The lowest BCUT2D eigenvalue weighted by molar-refractivity contribution is 0.0697. The van der Waals surface area contributed by atoms with Crippen molar-refractivity contribution in [1.29, 1.82) is 0 Å². The molecule has 1 atom stereocenters. The van der Waals surface area contributed by atoms with E-state index in [2.05, 4.69) is 19.2 Å². The second kappa shape index (κ2) is 4.63. The van der Waals surface area contributed by atoms with Crippen LogP contribution in [0, 0.1) is 12.3 Å². The third-order valence-electron chi connectivity index (χ3n) is 3.81. The van der Waals surface area contributed by atoms with Gasteiger partial charge in [0.25, 0.3) is 0 Å². The highest BCUT2D eigenvalue weighted by atomic mass is 16.4. The summed E-state index contributed by atoms with van der Waals surface area (Å²) in [7, 11) is 0. The van der Waals surface area contributed by atoms with Crippen LogP contribution in [0.2, 0.25) is 0 Å². The first kappa shape index (κ1) is 12.9. The molecule has 2 N–H and O–H groups in total. The molecule has 18 heavy (non-hydrogen) atoms. The third kappa shape index (κ3) is 2.84. The number of carbonyl (C=O) groups is 1. The first-order chi connectivity index (χ1) is 8.37. The van der Waals surface area contributed by atoms with Crippen LogP contribution in [0.4, 0.5) is 5.69 Å². The Kier molecular flexibility index (Phi) is 3.33. The molecule has 0 saturated heterocycles. The van der Waals surface area contributed by atoms with Crippen molar-refractivity contribution in [2.24, 2.45) is 5.41 Å². The van der Waals surface area contributed by atoms with E-state index >= 15 is 0 Å². The largest absolute Gasteiger partial charge is 0.478 e. The summed E-state index contributed by atoms with van der Waals surface area (Å²) in [5, 5.41) is 12.5. The number of rotatable bonds is 3. The number of anilines is 1. The summed E-state index contributed by atoms with van der Waals surface area (Å²) in [6, 6.07) is 5.72. The topological polar surface area (TPSA) is 49.3 Å². The molecule has 2 rings (SSSR count). The molecule has 98 valence electrons. The summed E-state index contributed by atoms with van der Waals surface area (Å²) >= 11 is 0. The number of benzene rings is 1. The Bertz CT molecular complexity index is 466. The molecule has 1 unspecified atom stereocenters. The van der Waals surface area contributed by atoms with E-state index in [-0.39, 0.29) is 0 Å². The quantitative estimate of drug-likeness (QED) is 0.856. The maximum atomic E-state index is 11.0. The van der Waals surface area contributed by atoms with Gasteiger partial charge < -0.3 is 10.4 Å². The number of hydrogen-bond donors (Lipinski definition) is 2. The minimum absolute atomic E-state index is 0.348. The van der Waals surface area contributed by atoms with E-state index in [0.29, 0.717) is 17.0 Å². The van der Waals surface area contributed by atoms with Crippen LogP contribution in [0.25, 0.3) is 0 Å². The summed E-state index contributed by atoms with van der Waals surface area (Å²) in [6.07, 6.45) is 3.52. The molecule has 1 fully saturated rings. The Labute approximate surface area is 108 Å². The predicted octanol–water partition coefficient (Wildman–Crippen LogP) is 3.68. The van der Waals surface area contributed by atoms with Gasteiger partial charge in [-0.05, 0) is 49.3 Å². The van der Waals surface area contributed by atoms with Gasteiger partial charge in [-0.1, -0.05) is 19.9 Å². The highest BCUT2D eigenvalue weighted by Gasteiger charge is 2.30. The molecule has 1 aromatic carbocycles. The van der Waals surface area contributed by atoms with Crippen LogP contribution in [0.1, 0.15) is 49.0 Å². The summed E-state index contributed by atoms with van der Waals surface area (Å²) in [5.41, 5.74) is 2.80. The minimum atomic E-state index is -0.871. The molecule has 1 aliphatic rings. The molecule has 0 spiro atoms. The third-order valence-corrected chi connectivity index (χ3v) is 3.81. The van der Waals surface area contributed by atoms with Crippen LogP contribution in [-0.2, 0) is 0 Å². The molecule has 1 aromatic rings. The lowest BCUT2D eigenvalue weighted by atomic mass is 9.92. The van der Waals surface area contributed by atoms with Crippen molar-refractivity contribution in [2.45, 2.75) is 46.1 Å². The molecule has 3 nitrogen and oxygen atoms in total. The normalized spacial score (nSPS) is 21.8. The van der Waals surface area contributed by atoms with Gasteiger partial charge in [-0.3, -0.25) is 0 Å². The van der Waals surface area contributed by atoms with E-state index < -0.39 is 5.97 Å². The zero-order valence-corrected chi connectivity index (χ0v) is 11.3. The fraction of sp³-hybridized carbons (Fsp3) is 0.533. The Morgan fingerprint density at radius 2 is 2.17 bits per heavy atom. The first-order valence-corrected chi connectivity index (χ1v) is 6.48. The number of aromatic carboxylic acids is 1. The van der Waals surface area contributed by atoms with Crippen molar-refractivity contribution in [2.75, 3.05) is 5.32 Å². The lowest BCUT2D eigenvalue weighted by Gasteiger charge is -2.20. The molecule has 0 amide bonds. The zero-order chi connectivity index (χ0) is 13.3. The summed E-state index contributed by atoms with van der Waals surface area (Å²) in [6.45, 7) is 6.58. The van der Waals surface area contributed by atoms with Gasteiger partial charge in [-0.2, -0.15) is 0 Å². The molecule has 1 saturated carbocycles. The maximum Gasteiger partial charge on any atom is 0.335 e. The van der Waals surface area contributed by atoms with Crippen molar-refractivity contribution in [1.82, 2.24) is 0 Å². The molecule has 1 aliphatic carbocycles. The molecular weight excluding hydrogens is 226 g/mol. The molecule has 0 aromatic heterocycles. The van der Waals surface area contributed by atoms with E-state index in [1.807, 2.05) is 13.0 Å². The number of carboxylic acid groups (broad SMARTS) is 1. The standard InChI is InChI=1S/C15H21NO2/c1-10-4-5-11(14(17)18)8-13(10)16-12-6-7-15(2,3)9-12/h4-5,8,12,16H,6-7,9H2,1-3H3,(H,17,18). The van der Waals surface area contributed by atoms with Crippen LogP contribution in [-0.4, -0.2) is 17.1 Å². The van der Waals surface area contributed by atoms with Gasteiger partial charge in [0.2, 0.25) is 0 Å². The average Bonchev–Trinajstić information content (AvgIpc) is 2.61. The summed E-state index contributed by atoms with van der Waals surface area (Å²) < 4.78 is 0. The van der Waals surface area contributed by atoms with Crippen LogP contribution in [0.5, 0.6) is 0 Å². The maximum absolute atomic E-state index is 11.0. The average molecular weight is 247 g/mol. The Balaban J connectivity index is 2.14. The highest BCUT2D eigenvalue weighted by molar-refractivity contribution is 5.89. The second-order valence-corrected chi connectivity index (χ2v) is 6.08. The van der Waals surface area contributed by atoms with Gasteiger partial charge >= 0.3 is 5.97 Å². The number of aryl methyl sites for hydroxylation is 1. The second-order valence-electron chi connectivity index (χ2n) is 6.08. The van der Waals surface area contributed by atoms with E-state index in [4.69, 9.17) is 5.11 Å². The summed E-state index contributed by atoms with van der Waals surface area (Å²) in [4.78, 5) is 11.0. The monoisotopic (exact) mass is 247 g/mol. The van der Waals surface area contributed by atoms with Crippen LogP contribution in [0.15, 0.2) is 18.2 Å². The zero-order valence-electron chi connectivity index (χ0n) is 11.3. The Morgan fingerprint density at radius 3 is 2.72 bits per heavy atom. The van der Waals surface area contributed by atoms with E-state index in [1.165, 1.54) is 6.42 Å².